The zero-order chi connectivity index (χ0) is 12.7. The van der Waals surface area contributed by atoms with E-state index in [2.05, 4.69) is 31.3 Å². The summed E-state index contributed by atoms with van der Waals surface area (Å²) >= 11 is 0. The SMILES string of the molecule is COCC(NCC(C)(C)OC)c1ccccc1. The molecule has 0 radical (unpaired) electrons. The monoisotopic (exact) mass is 237 g/mol. The minimum Gasteiger partial charge on any atom is -0.383 e. The van der Waals surface area contributed by atoms with Crippen molar-refractivity contribution in [3.8, 4) is 0 Å². The molecule has 3 nitrogen and oxygen atoms in total. The van der Waals surface area contributed by atoms with Gasteiger partial charge < -0.3 is 14.8 Å². The Morgan fingerprint density at radius 2 is 1.82 bits per heavy atom. The van der Waals surface area contributed by atoms with Gasteiger partial charge in [-0.1, -0.05) is 30.3 Å². The molecule has 0 bridgehead atoms. The van der Waals surface area contributed by atoms with Gasteiger partial charge in [0.25, 0.3) is 0 Å². The van der Waals surface area contributed by atoms with E-state index in [1.807, 2.05) is 18.2 Å². The van der Waals surface area contributed by atoms with Crippen LogP contribution in [0.2, 0.25) is 0 Å². The fourth-order valence-corrected chi connectivity index (χ4v) is 1.57. The van der Waals surface area contributed by atoms with E-state index in [0.29, 0.717) is 6.61 Å². The second-order valence-corrected chi connectivity index (χ2v) is 4.76. The van der Waals surface area contributed by atoms with Crippen molar-refractivity contribution >= 4 is 0 Å². The van der Waals surface area contributed by atoms with Gasteiger partial charge >= 0.3 is 0 Å². The molecule has 0 aliphatic heterocycles. The summed E-state index contributed by atoms with van der Waals surface area (Å²) in [6.07, 6.45) is 0. The first-order valence-corrected chi connectivity index (χ1v) is 5.91. The second-order valence-electron chi connectivity index (χ2n) is 4.76. The normalized spacial score (nSPS) is 13.6. The standard InChI is InChI=1S/C14H23NO2/c1-14(2,17-4)11-15-13(10-16-3)12-8-6-5-7-9-12/h5-9,13,15H,10-11H2,1-4H3. The zero-order valence-corrected chi connectivity index (χ0v) is 11.2. The van der Waals surface area contributed by atoms with Crippen LogP contribution < -0.4 is 5.32 Å². The topological polar surface area (TPSA) is 30.5 Å². The summed E-state index contributed by atoms with van der Waals surface area (Å²) in [5.74, 6) is 0. The van der Waals surface area contributed by atoms with Crippen molar-refractivity contribution in [3.05, 3.63) is 35.9 Å². The van der Waals surface area contributed by atoms with Gasteiger partial charge in [-0.25, -0.2) is 0 Å². The number of hydrogen-bond donors (Lipinski definition) is 1. The number of rotatable bonds is 7. The van der Waals surface area contributed by atoms with Crippen LogP contribution in [-0.4, -0.2) is 33.0 Å². The lowest BCUT2D eigenvalue weighted by atomic mass is 10.1. The summed E-state index contributed by atoms with van der Waals surface area (Å²) < 4.78 is 10.7. The number of hydrogen-bond acceptors (Lipinski definition) is 3. The maximum absolute atomic E-state index is 5.40. The quantitative estimate of drug-likeness (QED) is 0.790. The van der Waals surface area contributed by atoms with E-state index in [-0.39, 0.29) is 11.6 Å². The molecular weight excluding hydrogens is 214 g/mol. The Morgan fingerprint density at radius 1 is 1.18 bits per heavy atom. The summed E-state index contributed by atoms with van der Waals surface area (Å²) in [5, 5.41) is 3.48. The van der Waals surface area contributed by atoms with Crippen molar-refractivity contribution in [3.63, 3.8) is 0 Å². The Labute approximate surface area is 104 Å². The largest absolute Gasteiger partial charge is 0.383 e. The predicted molar refractivity (Wildman–Crippen MR) is 70.1 cm³/mol. The summed E-state index contributed by atoms with van der Waals surface area (Å²) in [7, 11) is 3.45. The highest BCUT2D eigenvalue weighted by molar-refractivity contribution is 5.19. The van der Waals surface area contributed by atoms with Crippen molar-refractivity contribution in [2.45, 2.75) is 25.5 Å². The summed E-state index contributed by atoms with van der Waals surface area (Å²) in [6, 6.07) is 10.5. The third-order valence-corrected chi connectivity index (χ3v) is 2.86. The Bertz CT molecular complexity index is 311. The van der Waals surface area contributed by atoms with Gasteiger partial charge in [-0.05, 0) is 19.4 Å². The van der Waals surface area contributed by atoms with Crippen LogP contribution >= 0.6 is 0 Å². The Hall–Kier alpha value is -0.900. The van der Waals surface area contributed by atoms with Crippen molar-refractivity contribution in [1.82, 2.24) is 5.32 Å². The van der Waals surface area contributed by atoms with Crippen LogP contribution in [0.15, 0.2) is 30.3 Å². The fourth-order valence-electron chi connectivity index (χ4n) is 1.57. The van der Waals surface area contributed by atoms with Gasteiger partial charge in [-0.2, -0.15) is 0 Å². The lowest BCUT2D eigenvalue weighted by Crippen LogP contribution is -2.39. The molecule has 1 N–H and O–H groups in total. The maximum atomic E-state index is 5.40. The van der Waals surface area contributed by atoms with Crippen molar-refractivity contribution in [1.29, 1.82) is 0 Å². The number of benzene rings is 1. The van der Waals surface area contributed by atoms with Crippen LogP contribution in [-0.2, 0) is 9.47 Å². The molecule has 1 atom stereocenters. The van der Waals surface area contributed by atoms with Gasteiger partial charge in [0, 0.05) is 20.8 Å². The van der Waals surface area contributed by atoms with Crippen molar-refractivity contribution in [2.75, 3.05) is 27.4 Å². The zero-order valence-electron chi connectivity index (χ0n) is 11.2. The summed E-state index contributed by atoms with van der Waals surface area (Å²) in [5.41, 5.74) is 1.07. The molecule has 0 amide bonds. The third-order valence-electron chi connectivity index (χ3n) is 2.86. The molecule has 0 aromatic heterocycles. The summed E-state index contributed by atoms with van der Waals surface area (Å²) in [6.45, 7) is 5.57. The molecule has 96 valence electrons. The molecule has 0 aliphatic carbocycles. The van der Waals surface area contributed by atoms with Crippen LogP contribution in [0, 0.1) is 0 Å². The van der Waals surface area contributed by atoms with Gasteiger partial charge in [-0.15, -0.1) is 0 Å². The molecule has 1 unspecified atom stereocenters. The average molecular weight is 237 g/mol. The first kappa shape index (κ1) is 14.2. The highest BCUT2D eigenvalue weighted by Gasteiger charge is 2.19. The minimum atomic E-state index is -0.166. The highest BCUT2D eigenvalue weighted by atomic mass is 16.5. The van der Waals surface area contributed by atoms with Crippen LogP contribution in [0.25, 0.3) is 0 Å². The smallest absolute Gasteiger partial charge is 0.0746 e. The van der Waals surface area contributed by atoms with Gasteiger partial charge in [0.15, 0.2) is 0 Å². The van der Waals surface area contributed by atoms with Crippen molar-refractivity contribution < 1.29 is 9.47 Å². The van der Waals surface area contributed by atoms with E-state index in [0.717, 1.165) is 6.54 Å². The van der Waals surface area contributed by atoms with E-state index in [9.17, 15) is 0 Å². The van der Waals surface area contributed by atoms with Gasteiger partial charge in [0.05, 0.1) is 18.2 Å². The van der Waals surface area contributed by atoms with E-state index >= 15 is 0 Å². The molecule has 0 aliphatic rings. The molecule has 1 aromatic rings. The second kappa shape index (κ2) is 6.74. The Balaban J connectivity index is 2.61. The number of methoxy groups -OCH3 is 2. The molecule has 0 saturated carbocycles. The highest BCUT2D eigenvalue weighted by Crippen LogP contribution is 2.14. The molecule has 0 saturated heterocycles. The Morgan fingerprint density at radius 3 is 2.35 bits per heavy atom. The van der Waals surface area contributed by atoms with Crippen molar-refractivity contribution in [2.24, 2.45) is 0 Å². The molecule has 0 fully saturated rings. The fraction of sp³-hybridized carbons (Fsp3) is 0.571. The first-order chi connectivity index (χ1) is 8.09. The van der Waals surface area contributed by atoms with E-state index in [4.69, 9.17) is 9.47 Å². The summed E-state index contributed by atoms with van der Waals surface area (Å²) in [4.78, 5) is 0. The first-order valence-electron chi connectivity index (χ1n) is 5.91. The number of nitrogens with one attached hydrogen (secondary N) is 1. The third kappa shape index (κ3) is 4.86. The molecule has 0 heterocycles. The molecular formula is C14H23NO2. The number of ether oxygens (including phenoxy) is 2. The molecule has 3 heteroatoms. The molecule has 17 heavy (non-hydrogen) atoms. The molecule has 1 rings (SSSR count). The average Bonchev–Trinajstić information content (AvgIpc) is 2.35. The predicted octanol–water partition coefficient (Wildman–Crippen LogP) is 2.39. The maximum Gasteiger partial charge on any atom is 0.0746 e. The molecule has 0 spiro atoms. The van der Waals surface area contributed by atoms with E-state index < -0.39 is 0 Å². The molecule has 1 aromatic carbocycles. The van der Waals surface area contributed by atoms with Crippen LogP contribution in [0.1, 0.15) is 25.5 Å². The minimum absolute atomic E-state index is 0.166. The lowest BCUT2D eigenvalue weighted by molar-refractivity contribution is 0.0182. The Kier molecular flexibility index (Phi) is 5.62. The van der Waals surface area contributed by atoms with E-state index in [1.165, 1.54) is 5.56 Å². The van der Waals surface area contributed by atoms with E-state index in [1.54, 1.807) is 14.2 Å². The van der Waals surface area contributed by atoms with Gasteiger partial charge in [-0.3, -0.25) is 0 Å². The van der Waals surface area contributed by atoms with Gasteiger partial charge in [0.2, 0.25) is 0 Å². The van der Waals surface area contributed by atoms with Gasteiger partial charge in [0.1, 0.15) is 0 Å². The van der Waals surface area contributed by atoms with Crippen LogP contribution in [0.4, 0.5) is 0 Å². The van der Waals surface area contributed by atoms with Crippen LogP contribution in [0.3, 0.4) is 0 Å². The lowest BCUT2D eigenvalue weighted by Gasteiger charge is -2.27. The van der Waals surface area contributed by atoms with Crippen LogP contribution in [0.5, 0.6) is 0 Å².